The summed E-state index contributed by atoms with van der Waals surface area (Å²) in [5, 5.41) is -0.0687. The second kappa shape index (κ2) is 8.10. The SMILES string of the molecule is CN(C(=O)c1ccc(OC(F)(F)F)c(F)c1)[C@@H]1COCc2[nH]c(=O)c3cc(F)c(F)cc3c21. The van der Waals surface area contributed by atoms with Crippen molar-refractivity contribution in [3.05, 3.63) is 75.0 Å². The first-order valence-electron chi connectivity index (χ1n) is 9.40. The third kappa shape index (κ3) is 4.25. The number of H-pyrrole nitrogens is 1. The van der Waals surface area contributed by atoms with Gasteiger partial charge >= 0.3 is 6.36 Å². The number of likely N-dealkylation sites (N-methyl/N-ethyl adjacent to an activating group) is 1. The molecule has 3 aromatic rings. The van der Waals surface area contributed by atoms with E-state index in [0.717, 1.165) is 23.1 Å². The van der Waals surface area contributed by atoms with Crippen LogP contribution in [0.4, 0.5) is 26.3 Å². The van der Waals surface area contributed by atoms with Crippen molar-refractivity contribution in [2.75, 3.05) is 13.7 Å². The van der Waals surface area contributed by atoms with Crippen molar-refractivity contribution in [2.45, 2.75) is 19.0 Å². The highest BCUT2D eigenvalue weighted by molar-refractivity contribution is 5.95. The van der Waals surface area contributed by atoms with Crippen LogP contribution in [0.1, 0.15) is 27.7 Å². The number of fused-ring (bicyclic) bond motifs is 3. The highest BCUT2D eigenvalue weighted by atomic mass is 19.4. The summed E-state index contributed by atoms with van der Waals surface area (Å²) in [5.74, 6) is -5.72. The molecule has 2 heterocycles. The number of halogens is 6. The largest absolute Gasteiger partial charge is 0.573 e. The van der Waals surface area contributed by atoms with Gasteiger partial charge in [0.2, 0.25) is 0 Å². The quantitative estimate of drug-likeness (QED) is 0.581. The highest BCUT2D eigenvalue weighted by Gasteiger charge is 2.34. The van der Waals surface area contributed by atoms with Gasteiger partial charge < -0.3 is 19.4 Å². The third-order valence-corrected chi connectivity index (χ3v) is 5.23. The molecule has 2 aromatic carbocycles. The number of aromatic amines is 1. The first-order chi connectivity index (χ1) is 15.5. The summed E-state index contributed by atoms with van der Waals surface area (Å²) in [6.07, 6.45) is -5.11. The first kappa shape index (κ1) is 22.6. The van der Waals surface area contributed by atoms with Gasteiger partial charge in [-0.15, -0.1) is 13.2 Å². The molecule has 0 saturated heterocycles. The van der Waals surface area contributed by atoms with Gasteiger partial charge in [-0.05, 0) is 35.7 Å². The van der Waals surface area contributed by atoms with Crippen molar-refractivity contribution in [2.24, 2.45) is 0 Å². The van der Waals surface area contributed by atoms with Gasteiger partial charge in [-0.3, -0.25) is 9.59 Å². The standard InChI is InChI=1S/C21H14F6N2O4/c1-29(20(31)9-2-3-17(14(24)4-9)33-21(25,26)27)16-8-32-7-15-18(16)10-5-12(22)13(23)6-11(10)19(30)28-15/h2-6,16H,7-8H2,1H3,(H,28,30)/t16-/m1/s1. The molecule has 1 N–H and O–H groups in total. The molecule has 0 spiro atoms. The van der Waals surface area contributed by atoms with Crippen LogP contribution in [0.3, 0.4) is 0 Å². The van der Waals surface area contributed by atoms with E-state index in [9.17, 15) is 35.9 Å². The van der Waals surface area contributed by atoms with Crippen molar-refractivity contribution < 1.29 is 40.6 Å². The molecule has 0 fully saturated rings. The third-order valence-electron chi connectivity index (χ3n) is 5.23. The summed E-state index contributed by atoms with van der Waals surface area (Å²) in [7, 11) is 1.32. The molecule has 1 aliphatic heterocycles. The number of aromatic nitrogens is 1. The number of carbonyl (C=O) groups is 1. The molecule has 0 unspecified atom stereocenters. The van der Waals surface area contributed by atoms with E-state index in [1.54, 1.807) is 0 Å². The predicted octanol–water partition coefficient (Wildman–Crippen LogP) is 4.19. The fourth-order valence-electron chi connectivity index (χ4n) is 3.73. The molecule has 0 radical (unpaired) electrons. The van der Waals surface area contributed by atoms with Crippen molar-refractivity contribution in [1.29, 1.82) is 0 Å². The number of nitrogens with zero attached hydrogens (tertiary/aromatic N) is 1. The fraction of sp³-hybridized carbons (Fsp3) is 0.238. The minimum Gasteiger partial charge on any atom is -0.403 e. The lowest BCUT2D eigenvalue weighted by molar-refractivity contribution is -0.275. The van der Waals surface area contributed by atoms with Crippen LogP contribution >= 0.6 is 0 Å². The molecular formula is C21H14F6N2O4. The number of benzene rings is 2. The smallest absolute Gasteiger partial charge is 0.403 e. The molecular weight excluding hydrogens is 458 g/mol. The molecule has 1 aliphatic rings. The van der Waals surface area contributed by atoms with Crippen LogP contribution in [0, 0.1) is 17.5 Å². The minimum absolute atomic E-state index is 0.0594. The van der Waals surface area contributed by atoms with E-state index in [4.69, 9.17) is 4.74 Å². The van der Waals surface area contributed by atoms with Gasteiger partial charge in [0, 0.05) is 23.9 Å². The highest BCUT2D eigenvalue weighted by Crippen LogP contribution is 2.34. The van der Waals surface area contributed by atoms with Crippen molar-refractivity contribution in [3.8, 4) is 5.75 Å². The zero-order valence-corrected chi connectivity index (χ0v) is 16.7. The molecule has 1 amide bonds. The van der Waals surface area contributed by atoms with E-state index < -0.39 is 47.1 Å². The average molecular weight is 472 g/mol. The molecule has 12 heteroatoms. The summed E-state index contributed by atoms with van der Waals surface area (Å²) in [4.78, 5) is 28.9. The first-order valence-corrected chi connectivity index (χ1v) is 9.40. The summed E-state index contributed by atoms with van der Waals surface area (Å²) in [5.41, 5.74) is -0.414. The zero-order valence-electron chi connectivity index (χ0n) is 16.7. The second-order valence-corrected chi connectivity index (χ2v) is 7.30. The Bertz CT molecular complexity index is 1320. The molecule has 0 bridgehead atoms. The Morgan fingerprint density at radius 1 is 1.09 bits per heavy atom. The fourth-order valence-corrected chi connectivity index (χ4v) is 3.73. The number of alkyl halides is 3. The maximum absolute atomic E-state index is 14.1. The molecule has 174 valence electrons. The lowest BCUT2D eigenvalue weighted by Crippen LogP contribution is -2.37. The van der Waals surface area contributed by atoms with Crippen LogP contribution in [0.15, 0.2) is 35.1 Å². The normalized spacial score (nSPS) is 15.9. The van der Waals surface area contributed by atoms with Crippen LogP contribution in [0.5, 0.6) is 5.75 Å². The zero-order chi connectivity index (χ0) is 24.1. The van der Waals surface area contributed by atoms with Crippen molar-refractivity contribution in [3.63, 3.8) is 0 Å². The van der Waals surface area contributed by atoms with E-state index in [0.29, 0.717) is 17.7 Å². The number of pyridine rings is 1. The van der Waals surface area contributed by atoms with Gasteiger partial charge in [-0.2, -0.15) is 0 Å². The van der Waals surface area contributed by atoms with Crippen LogP contribution in [0.25, 0.3) is 10.8 Å². The van der Waals surface area contributed by atoms with E-state index in [1.165, 1.54) is 7.05 Å². The molecule has 1 atom stereocenters. The summed E-state index contributed by atoms with van der Waals surface area (Å²) >= 11 is 0. The lowest BCUT2D eigenvalue weighted by atomic mass is 9.95. The number of nitrogens with one attached hydrogen (secondary N) is 1. The van der Waals surface area contributed by atoms with Gasteiger partial charge in [0.25, 0.3) is 11.5 Å². The minimum atomic E-state index is -5.11. The van der Waals surface area contributed by atoms with E-state index >= 15 is 0 Å². The second-order valence-electron chi connectivity index (χ2n) is 7.30. The molecule has 0 aliphatic carbocycles. The summed E-state index contributed by atoms with van der Waals surface area (Å²) < 4.78 is 87.8. The predicted molar refractivity (Wildman–Crippen MR) is 102 cm³/mol. The topological polar surface area (TPSA) is 71.6 Å². The number of carbonyl (C=O) groups excluding carboxylic acids is 1. The van der Waals surface area contributed by atoms with E-state index in [1.807, 2.05) is 0 Å². The number of rotatable bonds is 3. The molecule has 6 nitrogen and oxygen atoms in total. The Morgan fingerprint density at radius 3 is 2.39 bits per heavy atom. The van der Waals surface area contributed by atoms with E-state index in [2.05, 4.69) is 9.72 Å². The number of hydrogen-bond donors (Lipinski definition) is 1. The van der Waals surface area contributed by atoms with Crippen LogP contribution in [-0.4, -0.2) is 35.8 Å². The maximum atomic E-state index is 14.1. The molecule has 33 heavy (non-hydrogen) atoms. The van der Waals surface area contributed by atoms with Gasteiger partial charge in [0.1, 0.15) is 0 Å². The molecule has 1 aromatic heterocycles. The number of ether oxygens (including phenoxy) is 2. The van der Waals surface area contributed by atoms with Gasteiger partial charge in [-0.1, -0.05) is 0 Å². The maximum Gasteiger partial charge on any atom is 0.573 e. The van der Waals surface area contributed by atoms with Crippen molar-refractivity contribution >= 4 is 16.7 Å². The lowest BCUT2D eigenvalue weighted by Gasteiger charge is -2.34. The Morgan fingerprint density at radius 2 is 1.76 bits per heavy atom. The number of hydrogen-bond acceptors (Lipinski definition) is 4. The Balaban J connectivity index is 1.74. The van der Waals surface area contributed by atoms with Gasteiger partial charge in [-0.25, -0.2) is 13.2 Å². The van der Waals surface area contributed by atoms with Crippen LogP contribution in [-0.2, 0) is 11.3 Å². The average Bonchev–Trinajstić information content (AvgIpc) is 2.74. The molecule has 0 saturated carbocycles. The van der Waals surface area contributed by atoms with Crippen molar-refractivity contribution in [1.82, 2.24) is 9.88 Å². The Labute approximate surface area is 181 Å². The van der Waals surface area contributed by atoms with Crippen LogP contribution in [0.2, 0.25) is 0 Å². The van der Waals surface area contributed by atoms with E-state index in [-0.39, 0.29) is 35.2 Å². The Kier molecular flexibility index (Phi) is 5.56. The molecule has 4 rings (SSSR count). The van der Waals surface area contributed by atoms with Gasteiger partial charge in [0.15, 0.2) is 23.2 Å². The summed E-state index contributed by atoms with van der Waals surface area (Å²) in [6, 6.07) is 2.89. The van der Waals surface area contributed by atoms with Crippen LogP contribution < -0.4 is 10.3 Å². The Hall–Kier alpha value is -3.54. The monoisotopic (exact) mass is 472 g/mol. The van der Waals surface area contributed by atoms with Gasteiger partial charge in [0.05, 0.1) is 24.6 Å². The number of amides is 1. The summed E-state index contributed by atoms with van der Waals surface area (Å²) in [6.45, 7) is -0.150.